The van der Waals surface area contributed by atoms with Gasteiger partial charge in [0.2, 0.25) is 5.91 Å². The summed E-state index contributed by atoms with van der Waals surface area (Å²) in [6, 6.07) is 4.79. The molecule has 0 aliphatic carbocycles. The zero-order chi connectivity index (χ0) is 16.0. The van der Waals surface area contributed by atoms with Crippen LogP contribution in [0.2, 0.25) is 0 Å². The van der Waals surface area contributed by atoms with Crippen molar-refractivity contribution in [2.75, 3.05) is 5.32 Å². The highest BCUT2D eigenvalue weighted by atomic mass is 79.9. The molecule has 0 saturated heterocycles. The number of carboxylic acids is 1. The number of hydrogen-bond acceptors (Lipinski definition) is 3. The Morgan fingerprint density at radius 3 is 2.57 bits per heavy atom. The van der Waals surface area contributed by atoms with Crippen molar-refractivity contribution >= 4 is 39.5 Å². The maximum atomic E-state index is 11.7. The quantitative estimate of drug-likeness (QED) is 0.755. The SMILES string of the molecule is Cc1ccc(Br)c(NC(=O)NC(=O)CC(C)CC(=O)O)c1. The van der Waals surface area contributed by atoms with Crippen LogP contribution in [0.25, 0.3) is 0 Å². The number of aryl methyl sites for hydroxylation is 1. The number of benzene rings is 1. The van der Waals surface area contributed by atoms with Crippen LogP contribution in [0.4, 0.5) is 10.5 Å². The van der Waals surface area contributed by atoms with E-state index in [2.05, 4.69) is 26.6 Å². The maximum absolute atomic E-state index is 11.7. The second-order valence-corrected chi connectivity index (χ2v) is 5.75. The zero-order valence-electron chi connectivity index (χ0n) is 11.8. The van der Waals surface area contributed by atoms with Crippen molar-refractivity contribution in [2.45, 2.75) is 26.7 Å². The molecule has 3 amide bonds. The number of carbonyl (C=O) groups excluding carboxylic acids is 2. The molecule has 1 atom stereocenters. The van der Waals surface area contributed by atoms with Crippen LogP contribution in [0.15, 0.2) is 22.7 Å². The first kappa shape index (κ1) is 17.2. The predicted octanol–water partition coefficient (Wildman–Crippen LogP) is 2.91. The third kappa shape index (κ3) is 6.40. The van der Waals surface area contributed by atoms with Gasteiger partial charge in [-0.2, -0.15) is 0 Å². The van der Waals surface area contributed by atoms with Gasteiger partial charge in [-0.3, -0.25) is 14.9 Å². The lowest BCUT2D eigenvalue weighted by Crippen LogP contribution is -2.35. The largest absolute Gasteiger partial charge is 0.481 e. The number of imide groups is 1. The Morgan fingerprint density at radius 2 is 1.95 bits per heavy atom. The van der Waals surface area contributed by atoms with Crippen LogP contribution < -0.4 is 10.6 Å². The van der Waals surface area contributed by atoms with Crippen molar-refractivity contribution in [2.24, 2.45) is 5.92 Å². The number of rotatable bonds is 5. The fourth-order valence-electron chi connectivity index (χ4n) is 1.75. The number of carbonyl (C=O) groups is 3. The highest BCUT2D eigenvalue weighted by molar-refractivity contribution is 9.10. The molecular formula is C14H17BrN2O4. The van der Waals surface area contributed by atoms with E-state index in [1.54, 1.807) is 19.1 Å². The number of carboxylic acid groups (broad SMARTS) is 1. The van der Waals surface area contributed by atoms with Gasteiger partial charge in [-0.25, -0.2) is 4.79 Å². The monoisotopic (exact) mass is 356 g/mol. The molecule has 1 aromatic rings. The van der Waals surface area contributed by atoms with Gasteiger partial charge < -0.3 is 10.4 Å². The number of hydrogen-bond donors (Lipinski definition) is 3. The van der Waals surface area contributed by atoms with Gasteiger partial charge in [0.15, 0.2) is 0 Å². The normalized spacial score (nSPS) is 11.6. The number of anilines is 1. The third-order valence-corrected chi connectivity index (χ3v) is 3.37. The molecule has 1 rings (SSSR count). The minimum atomic E-state index is -0.969. The molecule has 0 spiro atoms. The summed E-state index contributed by atoms with van der Waals surface area (Å²) in [5.41, 5.74) is 1.52. The summed E-state index contributed by atoms with van der Waals surface area (Å²) in [5, 5.41) is 13.4. The first-order chi connectivity index (χ1) is 9.77. The molecule has 0 fully saturated rings. The van der Waals surface area contributed by atoms with Gasteiger partial charge in [0.05, 0.1) is 5.69 Å². The summed E-state index contributed by atoms with van der Waals surface area (Å²) in [5.74, 6) is -1.81. The average Bonchev–Trinajstić information content (AvgIpc) is 2.32. The first-order valence-electron chi connectivity index (χ1n) is 6.36. The Labute approximate surface area is 131 Å². The van der Waals surface area contributed by atoms with E-state index >= 15 is 0 Å². The summed E-state index contributed by atoms with van der Waals surface area (Å²) in [6.07, 6.45) is -0.132. The molecule has 1 aromatic carbocycles. The number of aliphatic carboxylic acids is 1. The predicted molar refractivity (Wildman–Crippen MR) is 82.1 cm³/mol. The molecule has 0 heterocycles. The highest BCUT2D eigenvalue weighted by Gasteiger charge is 2.15. The molecule has 114 valence electrons. The fraction of sp³-hybridized carbons (Fsp3) is 0.357. The van der Waals surface area contributed by atoms with Gasteiger partial charge in [0.25, 0.3) is 0 Å². The van der Waals surface area contributed by atoms with Crippen molar-refractivity contribution in [1.29, 1.82) is 0 Å². The molecule has 1 unspecified atom stereocenters. The van der Waals surface area contributed by atoms with Crippen LogP contribution in [-0.4, -0.2) is 23.0 Å². The van der Waals surface area contributed by atoms with E-state index in [4.69, 9.17) is 5.11 Å². The Kier molecular flexibility index (Phi) is 6.36. The lowest BCUT2D eigenvalue weighted by molar-refractivity contribution is -0.138. The molecule has 0 bridgehead atoms. The summed E-state index contributed by atoms with van der Waals surface area (Å²) in [4.78, 5) is 33.8. The van der Waals surface area contributed by atoms with Crippen LogP contribution in [0.3, 0.4) is 0 Å². The highest BCUT2D eigenvalue weighted by Crippen LogP contribution is 2.23. The van der Waals surface area contributed by atoms with Crippen LogP contribution in [0.1, 0.15) is 25.3 Å². The molecular weight excluding hydrogens is 340 g/mol. The molecule has 0 radical (unpaired) electrons. The molecule has 0 aromatic heterocycles. The van der Waals surface area contributed by atoms with E-state index in [0.717, 1.165) is 5.56 Å². The van der Waals surface area contributed by atoms with E-state index < -0.39 is 17.9 Å². The number of urea groups is 1. The molecule has 3 N–H and O–H groups in total. The third-order valence-electron chi connectivity index (χ3n) is 2.68. The first-order valence-corrected chi connectivity index (χ1v) is 7.16. The molecule has 6 nitrogen and oxygen atoms in total. The van der Waals surface area contributed by atoms with E-state index in [1.807, 2.05) is 13.0 Å². The Hall–Kier alpha value is -1.89. The van der Waals surface area contributed by atoms with Crippen LogP contribution in [-0.2, 0) is 9.59 Å². The second-order valence-electron chi connectivity index (χ2n) is 4.89. The van der Waals surface area contributed by atoms with Gasteiger partial charge in [0.1, 0.15) is 0 Å². The summed E-state index contributed by atoms with van der Waals surface area (Å²) in [6.45, 7) is 3.52. The van der Waals surface area contributed by atoms with Gasteiger partial charge in [-0.15, -0.1) is 0 Å². The number of halogens is 1. The van der Waals surface area contributed by atoms with Crippen LogP contribution in [0, 0.1) is 12.8 Å². The smallest absolute Gasteiger partial charge is 0.325 e. The van der Waals surface area contributed by atoms with E-state index in [0.29, 0.717) is 10.2 Å². The average molecular weight is 357 g/mol. The van der Waals surface area contributed by atoms with Crippen molar-refractivity contribution in [1.82, 2.24) is 5.32 Å². The Morgan fingerprint density at radius 1 is 1.29 bits per heavy atom. The lowest BCUT2D eigenvalue weighted by atomic mass is 10.0. The Bertz CT molecular complexity index is 560. The zero-order valence-corrected chi connectivity index (χ0v) is 13.4. The number of nitrogens with one attached hydrogen (secondary N) is 2. The minimum absolute atomic E-state index is 0.0191. The van der Waals surface area contributed by atoms with Gasteiger partial charge in [-0.1, -0.05) is 13.0 Å². The molecule has 0 aliphatic heterocycles. The maximum Gasteiger partial charge on any atom is 0.325 e. The topological polar surface area (TPSA) is 95.5 Å². The minimum Gasteiger partial charge on any atom is -0.481 e. The lowest BCUT2D eigenvalue weighted by Gasteiger charge is -2.11. The molecule has 0 aliphatic rings. The Balaban J connectivity index is 2.51. The van der Waals surface area contributed by atoms with E-state index in [9.17, 15) is 14.4 Å². The van der Waals surface area contributed by atoms with Gasteiger partial charge in [-0.05, 0) is 46.5 Å². The standard InChI is InChI=1S/C14H17BrN2O4/c1-8-3-4-10(15)11(5-8)16-14(21)17-12(18)6-9(2)7-13(19)20/h3-5,9H,6-7H2,1-2H3,(H,19,20)(H2,16,17,18,21). The van der Waals surface area contributed by atoms with Crippen molar-refractivity contribution in [3.05, 3.63) is 28.2 Å². The van der Waals surface area contributed by atoms with Gasteiger partial charge >= 0.3 is 12.0 Å². The van der Waals surface area contributed by atoms with Crippen LogP contribution >= 0.6 is 15.9 Å². The number of amides is 3. The summed E-state index contributed by atoms with van der Waals surface area (Å²) < 4.78 is 0.704. The van der Waals surface area contributed by atoms with Gasteiger partial charge in [0, 0.05) is 17.3 Å². The molecule has 21 heavy (non-hydrogen) atoms. The molecule has 7 heteroatoms. The second kappa shape index (κ2) is 7.78. The summed E-state index contributed by atoms with van der Waals surface area (Å²) >= 11 is 3.30. The van der Waals surface area contributed by atoms with Crippen molar-refractivity contribution in [3.8, 4) is 0 Å². The van der Waals surface area contributed by atoms with Crippen LogP contribution in [0.5, 0.6) is 0 Å². The summed E-state index contributed by atoms with van der Waals surface area (Å²) in [7, 11) is 0. The molecule has 0 saturated carbocycles. The van der Waals surface area contributed by atoms with E-state index in [1.165, 1.54) is 0 Å². The van der Waals surface area contributed by atoms with Crippen molar-refractivity contribution < 1.29 is 19.5 Å². The van der Waals surface area contributed by atoms with E-state index in [-0.39, 0.29) is 18.8 Å². The fourth-order valence-corrected chi connectivity index (χ4v) is 2.10. The van der Waals surface area contributed by atoms with Crippen molar-refractivity contribution in [3.63, 3.8) is 0 Å².